The predicted octanol–water partition coefficient (Wildman–Crippen LogP) is -28.8. The van der Waals surface area contributed by atoms with E-state index < -0.39 is 259 Å². The van der Waals surface area contributed by atoms with Gasteiger partial charge in [0.1, 0.15) is 134 Å². The van der Waals surface area contributed by atoms with Crippen LogP contribution in [0.1, 0.15) is 0 Å². The van der Waals surface area contributed by atoms with Crippen molar-refractivity contribution in [3.63, 3.8) is 0 Å². The summed E-state index contributed by atoms with van der Waals surface area (Å²) >= 11 is 0. The zero-order chi connectivity index (χ0) is 74.2. The fourth-order valence-electron chi connectivity index (χ4n) is 4.67. The zero-order valence-corrected chi connectivity index (χ0v) is 49.2. The van der Waals surface area contributed by atoms with Crippen molar-refractivity contribution < 1.29 is 278 Å². The maximum absolute atomic E-state index is 10.1. The summed E-state index contributed by atoms with van der Waals surface area (Å²) in [5, 5.41) is 364. The molecule has 41 N–H and O–H groups in total. The average Bonchev–Trinajstić information content (AvgIpc) is 2.31. The van der Waals surface area contributed by atoms with Crippen LogP contribution in [0.3, 0.4) is 0 Å². The molecule has 50 heteroatoms. The smallest absolute Gasteiger partial charge is 0.547 e. The molecular formula is C42H83NaO49. The normalized spacial score (nSPS) is 20.2. The van der Waals surface area contributed by atoms with Crippen molar-refractivity contribution in [1.82, 2.24) is 0 Å². The van der Waals surface area contributed by atoms with E-state index in [2.05, 4.69) is 0 Å². The van der Waals surface area contributed by atoms with E-state index >= 15 is 0 Å². The molecule has 0 aliphatic heterocycles. The van der Waals surface area contributed by atoms with Gasteiger partial charge in [0.2, 0.25) is 0 Å². The van der Waals surface area contributed by atoms with Crippen molar-refractivity contribution in [1.29, 1.82) is 0 Å². The Kier molecular flexibility index (Phi) is 62.2. The van der Waals surface area contributed by atoms with E-state index in [0.717, 1.165) is 0 Å². The number of aliphatic hydroxyl groups excluding tert-OH is 35. The van der Waals surface area contributed by atoms with Gasteiger partial charge in [0, 0.05) is 0 Å². The van der Waals surface area contributed by atoms with Crippen LogP contribution in [0.15, 0.2) is 0 Å². The van der Waals surface area contributed by atoms with Crippen LogP contribution in [0.2, 0.25) is 0 Å². The summed E-state index contributed by atoms with van der Waals surface area (Å²) in [6, 6.07) is 0. The maximum Gasteiger partial charge on any atom is 1.00 e. The molecule has 0 radical (unpaired) electrons. The second kappa shape index (κ2) is 55.1. The van der Waals surface area contributed by atoms with E-state index in [0.29, 0.717) is 0 Å². The van der Waals surface area contributed by atoms with Crippen LogP contribution in [-0.2, 0) is 33.6 Å². The number of rotatable bonds is 35. The minimum Gasteiger partial charge on any atom is -0.547 e. The summed E-state index contributed by atoms with van der Waals surface area (Å²) in [5.41, 5.74) is 0. The van der Waals surface area contributed by atoms with Crippen molar-refractivity contribution in [3.05, 3.63) is 0 Å². The van der Waals surface area contributed by atoms with Gasteiger partial charge in [-0.1, -0.05) is 0 Å². The molecule has 49 nitrogen and oxygen atoms in total. The van der Waals surface area contributed by atoms with E-state index in [-0.39, 0.29) is 29.6 Å². The summed E-state index contributed by atoms with van der Waals surface area (Å²) in [6.07, 6.45) is -55.1. The Balaban J connectivity index is -0.000000149. The minimum atomic E-state index is -2.31. The minimum absolute atomic E-state index is 0. The second-order valence-corrected chi connectivity index (χ2v) is 17.6. The Morgan fingerprint density at radius 3 is 0.348 bits per heavy atom. The summed E-state index contributed by atoms with van der Waals surface area (Å²) < 4.78 is 0. The van der Waals surface area contributed by atoms with E-state index in [1.165, 1.54) is 0 Å². The van der Waals surface area contributed by atoms with Crippen LogP contribution < -0.4 is 34.7 Å². The van der Waals surface area contributed by atoms with Crippen LogP contribution >= 0.6 is 0 Å². The third kappa shape index (κ3) is 41.7. The molecule has 0 fully saturated rings. The van der Waals surface area contributed by atoms with Gasteiger partial charge in [0.25, 0.3) is 0 Å². The fraction of sp³-hybridized carbons (Fsp3) is 0.833. The molecule has 0 spiro atoms. The molecule has 0 aliphatic rings. The third-order valence-corrected chi connectivity index (χ3v) is 10.5. The van der Waals surface area contributed by atoms with Crippen LogP contribution in [-0.4, -0.2) is 468 Å². The first-order valence-corrected chi connectivity index (χ1v) is 24.3. The molecule has 0 unspecified atom stereocenters. The Morgan fingerprint density at radius 1 is 0.196 bits per heavy atom. The summed E-state index contributed by atoms with van der Waals surface area (Å²) in [6.45, 7) is -5.92. The molecule has 92 heavy (non-hydrogen) atoms. The monoisotopic (exact) mass is 1390 g/mol. The van der Waals surface area contributed by atoms with Crippen molar-refractivity contribution in [3.8, 4) is 0 Å². The molecule has 0 rings (SSSR count). The number of hydrogen-bond acceptors (Lipinski definition) is 43. The Hall–Kier alpha value is -4.11. The topological polar surface area (TPSA) is 972 Å². The molecule has 546 valence electrons. The van der Waals surface area contributed by atoms with Gasteiger partial charge in [-0.25, -0.2) is 28.8 Å². The Bertz CT molecular complexity index is 1570. The van der Waals surface area contributed by atoms with E-state index in [1.54, 1.807) is 0 Å². The largest absolute Gasteiger partial charge is 1.00 e. The van der Waals surface area contributed by atoms with Crippen LogP contribution in [0.25, 0.3) is 0 Å². The van der Waals surface area contributed by atoms with E-state index in [1.807, 2.05) is 0 Å². The van der Waals surface area contributed by atoms with Crippen LogP contribution in [0.5, 0.6) is 0 Å². The summed E-state index contributed by atoms with van der Waals surface area (Å²) in [7, 11) is 0. The number of carboxylic acid groups (broad SMARTS) is 7. The molecule has 0 aromatic rings. The maximum atomic E-state index is 10.1. The quantitative estimate of drug-likeness (QED) is 0.0262. The van der Waals surface area contributed by atoms with Gasteiger partial charge >= 0.3 is 65.4 Å². The van der Waals surface area contributed by atoms with Gasteiger partial charge in [0.15, 0.2) is 36.6 Å². The number of aliphatic hydroxyl groups is 35. The summed E-state index contributed by atoms with van der Waals surface area (Å²) in [4.78, 5) is 70.5. The third-order valence-electron chi connectivity index (χ3n) is 10.5. The molecule has 0 saturated heterocycles. The average molecular weight is 1400 g/mol. The number of carbonyl (C=O) groups excluding carboxylic acids is 1. The summed E-state index contributed by atoms with van der Waals surface area (Å²) in [5.74, 6) is -12.3. The van der Waals surface area contributed by atoms with Gasteiger partial charge in [-0.15, -0.1) is 0 Å². The van der Waals surface area contributed by atoms with Gasteiger partial charge in [-0.3, -0.25) is 0 Å². The van der Waals surface area contributed by atoms with Gasteiger partial charge < -0.3 is 219 Å². The van der Waals surface area contributed by atoms with Crippen molar-refractivity contribution >= 4 is 41.8 Å². The van der Waals surface area contributed by atoms with E-state index in [9.17, 15) is 38.7 Å². The van der Waals surface area contributed by atoms with E-state index in [4.69, 9.17) is 209 Å². The molecule has 0 saturated carbocycles. The number of carbonyl (C=O) groups is 7. The SMILES string of the molecule is O=C(O)[C@H](O)[C@@H](O)[C@H](O)[C@H](O)CO.O=C(O)[C@H](O)[C@@H](O)[C@H](O)[C@H](O)CO.O=C(O)[C@H](O)[C@@H](O)[C@H](O)[C@H](O)CO.O=C(O)[C@H](O)[C@@H](O)[C@H](O)[C@H](O)CO.O=C(O)[C@H](O)[C@@H](O)[C@H](O)[C@H](O)CO.O=C(O)[C@H](O)[C@@H](O)[C@H](O)[C@H](O)CO.O=C([O-])[C@H](O)[C@@H](O)[C@H](O)[C@H](O)CO.[Na+]. The predicted molar refractivity (Wildman–Crippen MR) is 269 cm³/mol. The zero-order valence-electron chi connectivity index (χ0n) is 47.2. The van der Waals surface area contributed by atoms with Gasteiger partial charge in [-0.05, 0) is 0 Å². The fourth-order valence-corrected chi connectivity index (χ4v) is 4.67. The number of hydrogen-bond donors (Lipinski definition) is 41. The first-order chi connectivity index (χ1) is 41.4. The first kappa shape index (κ1) is 104. The van der Waals surface area contributed by atoms with Crippen molar-refractivity contribution in [2.45, 2.75) is 171 Å². The Morgan fingerprint density at radius 2 is 0.283 bits per heavy atom. The standard InChI is InChI=1S/7C6H12O7.Na/c7*7-1-2(8)3(9)4(10)5(11)6(12)13;/h7*2-5,7-11H,1H2,(H,12,13);/q;;;;;;;+1/p-1/t7*2-,3-,4+,5-;/m1111111./s1. The van der Waals surface area contributed by atoms with Gasteiger partial charge in [-0.2, -0.15) is 0 Å². The Labute approximate surface area is 535 Å². The molecule has 28 atom stereocenters. The first-order valence-electron chi connectivity index (χ1n) is 24.3. The molecule has 0 aromatic heterocycles. The van der Waals surface area contributed by atoms with Crippen LogP contribution in [0.4, 0.5) is 0 Å². The molecule has 0 heterocycles. The molecule has 0 aromatic carbocycles. The number of carboxylic acids is 7. The molecule has 0 amide bonds. The molecule has 0 aliphatic carbocycles. The van der Waals surface area contributed by atoms with Crippen LogP contribution in [0, 0.1) is 0 Å². The second-order valence-electron chi connectivity index (χ2n) is 17.6. The molecule has 0 bridgehead atoms. The number of aliphatic carboxylic acids is 7. The van der Waals surface area contributed by atoms with Crippen molar-refractivity contribution in [2.75, 3.05) is 46.2 Å². The van der Waals surface area contributed by atoms with Crippen molar-refractivity contribution in [2.24, 2.45) is 0 Å². The van der Waals surface area contributed by atoms with Gasteiger partial charge in [0.05, 0.1) is 52.2 Å². The molecular weight excluding hydrogens is 1310 g/mol.